The van der Waals surface area contributed by atoms with E-state index in [1.165, 1.54) is 0 Å². The summed E-state index contributed by atoms with van der Waals surface area (Å²) in [6.45, 7) is 1.66. The standard InChI is InChI=1S/C14H23N3O2/c18-13(16-10-6-7-10)12-5-3-9-17(12)14(19)11-4-1-2-8-15-11/h10-12,15H,1-9H2,(H,16,18)/t11-,12?/m0/s1. The molecule has 19 heavy (non-hydrogen) atoms. The first-order valence-corrected chi connectivity index (χ1v) is 7.60. The van der Waals surface area contributed by atoms with Gasteiger partial charge in [0.05, 0.1) is 6.04 Å². The van der Waals surface area contributed by atoms with Gasteiger partial charge in [-0.25, -0.2) is 0 Å². The van der Waals surface area contributed by atoms with Crippen LogP contribution in [0.5, 0.6) is 0 Å². The molecule has 0 aromatic rings. The third-order valence-electron chi connectivity index (χ3n) is 4.37. The van der Waals surface area contributed by atoms with Gasteiger partial charge in [0.25, 0.3) is 0 Å². The zero-order valence-corrected chi connectivity index (χ0v) is 11.4. The number of rotatable bonds is 3. The van der Waals surface area contributed by atoms with E-state index >= 15 is 0 Å². The van der Waals surface area contributed by atoms with Crippen LogP contribution in [-0.4, -0.2) is 47.9 Å². The van der Waals surface area contributed by atoms with Gasteiger partial charge in [-0.1, -0.05) is 6.42 Å². The zero-order chi connectivity index (χ0) is 13.2. The normalized spacial score (nSPS) is 31.3. The Labute approximate surface area is 114 Å². The molecule has 1 saturated carbocycles. The van der Waals surface area contributed by atoms with E-state index in [9.17, 15) is 9.59 Å². The summed E-state index contributed by atoms with van der Waals surface area (Å²) >= 11 is 0. The molecule has 0 radical (unpaired) electrons. The number of amides is 2. The average Bonchev–Trinajstić information content (AvgIpc) is 3.11. The molecule has 2 saturated heterocycles. The first kappa shape index (κ1) is 12.9. The predicted octanol–water partition coefficient (Wildman–Crippen LogP) is 0.398. The van der Waals surface area contributed by atoms with Gasteiger partial charge in [-0.05, 0) is 45.1 Å². The summed E-state index contributed by atoms with van der Waals surface area (Å²) in [6, 6.07) is 0.0813. The molecule has 2 N–H and O–H groups in total. The van der Waals surface area contributed by atoms with Crippen molar-refractivity contribution in [2.24, 2.45) is 0 Å². The monoisotopic (exact) mass is 265 g/mol. The highest BCUT2D eigenvalue weighted by molar-refractivity contribution is 5.90. The van der Waals surface area contributed by atoms with Crippen molar-refractivity contribution >= 4 is 11.8 Å². The maximum atomic E-state index is 12.5. The van der Waals surface area contributed by atoms with Crippen LogP contribution < -0.4 is 10.6 Å². The lowest BCUT2D eigenvalue weighted by atomic mass is 10.0. The molecular formula is C14H23N3O2. The van der Waals surface area contributed by atoms with E-state index in [1.54, 1.807) is 4.90 Å². The van der Waals surface area contributed by atoms with E-state index in [-0.39, 0.29) is 23.9 Å². The highest BCUT2D eigenvalue weighted by atomic mass is 16.2. The summed E-state index contributed by atoms with van der Waals surface area (Å²) < 4.78 is 0. The number of carbonyl (C=O) groups is 2. The van der Waals surface area contributed by atoms with Crippen LogP contribution in [0, 0.1) is 0 Å². The second kappa shape index (κ2) is 5.49. The maximum absolute atomic E-state index is 12.5. The molecule has 106 valence electrons. The smallest absolute Gasteiger partial charge is 0.243 e. The van der Waals surface area contributed by atoms with E-state index in [2.05, 4.69) is 10.6 Å². The minimum Gasteiger partial charge on any atom is -0.352 e. The Morgan fingerprint density at radius 2 is 1.89 bits per heavy atom. The number of piperidine rings is 1. The van der Waals surface area contributed by atoms with Crippen LogP contribution in [0.1, 0.15) is 44.9 Å². The molecule has 0 spiro atoms. The van der Waals surface area contributed by atoms with Gasteiger partial charge in [0.15, 0.2) is 0 Å². The Bertz CT molecular complexity index is 362. The van der Waals surface area contributed by atoms with Crippen molar-refractivity contribution in [1.82, 2.24) is 15.5 Å². The van der Waals surface area contributed by atoms with Crippen LogP contribution in [0.25, 0.3) is 0 Å². The number of likely N-dealkylation sites (tertiary alicyclic amines) is 1. The lowest BCUT2D eigenvalue weighted by Gasteiger charge is -2.30. The zero-order valence-electron chi connectivity index (χ0n) is 11.4. The molecule has 3 fully saturated rings. The summed E-state index contributed by atoms with van der Waals surface area (Å²) in [5.74, 6) is 0.192. The van der Waals surface area contributed by atoms with Gasteiger partial charge in [-0.15, -0.1) is 0 Å². The molecule has 0 aromatic heterocycles. The highest BCUT2D eigenvalue weighted by Gasteiger charge is 2.38. The molecule has 2 atom stereocenters. The van der Waals surface area contributed by atoms with Crippen LogP contribution in [0.15, 0.2) is 0 Å². The predicted molar refractivity (Wildman–Crippen MR) is 71.5 cm³/mol. The Balaban J connectivity index is 1.60. The molecule has 3 rings (SSSR count). The van der Waals surface area contributed by atoms with Crippen molar-refractivity contribution in [2.75, 3.05) is 13.1 Å². The first-order valence-electron chi connectivity index (χ1n) is 7.60. The van der Waals surface area contributed by atoms with Gasteiger partial charge in [0.1, 0.15) is 6.04 Å². The van der Waals surface area contributed by atoms with Crippen LogP contribution in [-0.2, 0) is 9.59 Å². The van der Waals surface area contributed by atoms with Crippen molar-refractivity contribution in [2.45, 2.75) is 63.1 Å². The van der Waals surface area contributed by atoms with E-state index in [0.29, 0.717) is 6.04 Å². The van der Waals surface area contributed by atoms with Crippen LogP contribution >= 0.6 is 0 Å². The summed E-state index contributed by atoms with van der Waals surface area (Å²) in [5.41, 5.74) is 0. The molecule has 5 heteroatoms. The topological polar surface area (TPSA) is 61.4 Å². The van der Waals surface area contributed by atoms with Gasteiger partial charge < -0.3 is 15.5 Å². The van der Waals surface area contributed by atoms with Gasteiger partial charge >= 0.3 is 0 Å². The average molecular weight is 265 g/mol. The second-order valence-electron chi connectivity index (χ2n) is 5.98. The number of nitrogens with one attached hydrogen (secondary N) is 2. The summed E-state index contributed by atoms with van der Waals surface area (Å²) in [7, 11) is 0. The quantitative estimate of drug-likeness (QED) is 0.776. The van der Waals surface area contributed by atoms with Gasteiger partial charge in [-0.2, -0.15) is 0 Å². The molecule has 1 aliphatic carbocycles. The minimum atomic E-state index is -0.225. The van der Waals surface area contributed by atoms with E-state index in [4.69, 9.17) is 0 Å². The molecule has 1 unspecified atom stereocenters. The van der Waals surface area contributed by atoms with Gasteiger partial charge in [0, 0.05) is 12.6 Å². The number of carbonyl (C=O) groups excluding carboxylic acids is 2. The van der Waals surface area contributed by atoms with Gasteiger partial charge in [0.2, 0.25) is 11.8 Å². The molecule has 3 aliphatic rings. The third-order valence-corrected chi connectivity index (χ3v) is 4.37. The molecular weight excluding hydrogens is 242 g/mol. The van der Waals surface area contributed by atoms with Crippen LogP contribution in [0.3, 0.4) is 0 Å². The Morgan fingerprint density at radius 1 is 1.05 bits per heavy atom. The fourth-order valence-corrected chi connectivity index (χ4v) is 3.09. The first-order chi connectivity index (χ1) is 9.25. The summed E-state index contributed by atoms with van der Waals surface area (Å²) in [5, 5.41) is 6.32. The maximum Gasteiger partial charge on any atom is 0.243 e. The number of hydrogen-bond donors (Lipinski definition) is 2. The van der Waals surface area contributed by atoms with Crippen LogP contribution in [0.2, 0.25) is 0 Å². The Hall–Kier alpha value is -1.10. The van der Waals surface area contributed by atoms with Crippen molar-refractivity contribution in [1.29, 1.82) is 0 Å². The molecule has 2 heterocycles. The fourth-order valence-electron chi connectivity index (χ4n) is 3.09. The van der Waals surface area contributed by atoms with E-state index in [0.717, 1.165) is 58.0 Å². The summed E-state index contributed by atoms with van der Waals surface area (Å²) in [6.07, 6.45) is 7.11. The largest absolute Gasteiger partial charge is 0.352 e. The van der Waals surface area contributed by atoms with E-state index in [1.807, 2.05) is 0 Å². The summed E-state index contributed by atoms with van der Waals surface area (Å²) in [4.78, 5) is 26.5. The fraction of sp³-hybridized carbons (Fsp3) is 0.857. The SMILES string of the molecule is O=C(NC1CC1)C1CCCN1C(=O)[C@@H]1CCCCN1. The lowest BCUT2D eigenvalue weighted by Crippen LogP contribution is -2.53. The molecule has 2 aliphatic heterocycles. The van der Waals surface area contributed by atoms with Crippen molar-refractivity contribution in [3.8, 4) is 0 Å². The number of hydrogen-bond acceptors (Lipinski definition) is 3. The van der Waals surface area contributed by atoms with Crippen molar-refractivity contribution in [3.63, 3.8) is 0 Å². The van der Waals surface area contributed by atoms with Gasteiger partial charge in [-0.3, -0.25) is 9.59 Å². The van der Waals surface area contributed by atoms with Crippen molar-refractivity contribution < 1.29 is 9.59 Å². The molecule has 2 amide bonds. The third kappa shape index (κ3) is 2.91. The highest BCUT2D eigenvalue weighted by Crippen LogP contribution is 2.23. The lowest BCUT2D eigenvalue weighted by molar-refractivity contribution is -0.140. The van der Waals surface area contributed by atoms with Crippen LogP contribution in [0.4, 0.5) is 0 Å². The Morgan fingerprint density at radius 3 is 2.58 bits per heavy atom. The Kier molecular flexibility index (Phi) is 3.73. The molecule has 0 bridgehead atoms. The molecule has 5 nitrogen and oxygen atoms in total. The minimum absolute atomic E-state index is 0.0594. The van der Waals surface area contributed by atoms with E-state index < -0.39 is 0 Å². The second-order valence-corrected chi connectivity index (χ2v) is 5.98. The number of nitrogens with zero attached hydrogens (tertiary/aromatic N) is 1. The molecule has 0 aromatic carbocycles. The van der Waals surface area contributed by atoms with Crippen molar-refractivity contribution in [3.05, 3.63) is 0 Å².